The summed E-state index contributed by atoms with van der Waals surface area (Å²) in [4.78, 5) is 35.9. The topological polar surface area (TPSA) is 112 Å². The van der Waals surface area contributed by atoms with Gasteiger partial charge in [-0.2, -0.15) is 0 Å². The van der Waals surface area contributed by atoms with Crippen molar-refractivity contribution >= 4 is 18.5 Å². The molecule has 24 heavy (non-hydrogen) atoms. The number of nitrogens with one attached hydrogen (secondary N) is 1. The van der Waals surface area contributed by atoms with E-state index in [0.717, 1.165) is 0 Å². The molecular weight excluding hydrogens is 359 g/mol. The number of H-pyrrole nitrogens is 1. The molecule has 5 atom stereocenters. The number of nitrogens with zero attached hydrogens (tertiary/aromatic N) is 1. The molecular formula is C13H19N2O7PS. The standard InChI is InChI=1S/C13H19N2O7PS/c1-4-13-6-20-8(9(13)22-23(18,24)19-3)11(21-13)15-5-7(2)10(16)14-12(15)17/h5,8-9,11H,4,6H2,1-3H3,(H,18,24)(H,14,16,17)/t8-,9?,11+,13-,23?/m0/s1. The molecule has 2 N–H and O–H groups in total. The summed E-state index contributed by atoms with van der Waals surface area (Å²) in [6, 6.07) is 0. The van der Waals surface area contributed by atoms with E-state index in [0.29, 0.717) is 12.0 Å². The predicted octanol–water partition coefficient (Wildman–Crippen LogP) is 0.170. The van der Waals surface area contributed by atoms with Crippen molar-refractivity contribution in [2.24, 2.45) is 0 Å². The van der Waals surface area contributed by atoms with Gasteiger partial charge < -0.3 is 18.9 Å². The maximum Gasteiger partial charge on any atom is 0.330 e. The van der Waals surface area contributed by atoms with Crippen LogP contribution in [-0.2, 0) is 30.3 Å². The van der Waals surface area contributed by atoms with Crippen LogP contribution >= 0.6 is 6.72 Å². The van der Waals surface area contributed by atoms with E-state index in [1.54, 1.807) is 6.92 Å². The minimum Gasteiger partial charge on any atom is -0.368 e. The highest BCUT2D eigenvalue weighted by atomic mass is 32.5. The van der Waals surface area contributed by atoms with Crippen molar-refractivity contribution in [3.05, 3.63) is 32.6 Å². The molecule has 0 aliphatic carbocycles. The average Bonchev–Trinajstić information content (AvgIpc) is 3.03. The Morgan fingerprint density at radius 2 is 2.29 bits per heavy atom. The van der Waals surface area contributed by atoms with E-state index in [9.17, 15) is 14.5 Å². The van der Waals surface area contributed by atoms with E-state index in [-0.39, 0.29) is 6.61 Å². The van der Waals surface area contributed by atoms with Gasteiger partial charge in [-0.15, -0.1) is 0 Å². The number of rotatable bonds is 5. The predicted molar refractivity (Wildman–Crippen MR) is 87.3 cm³/mol. The Morgan fingerprint density at radius 3 is 2.92 bits per heavy atom. The lowest BCUT2D eigenvalue weighted by Crippen LogP contribution is -2.42. The quantitative estimate of drug-likeness (QED) is 0.698. The summed E-state index contributed by atoms with van der Waals surface area (Å²) in [5, 5.41) is 0. The fourth-order valence-electron chi connectivity index (χ4n) is 3.07. The lowest BCUT2D eigenvalue weighted by Gasteiger charge is -2.31. The van der Waals surface area contributed by atoms with Gasteiger partial charge in [0.25, 0.3) is 5.56 Å². The van der Waals surface area contributed by atoms with Gasteiger partial charge in [-0.3, -0.25) is 18.9 Å². The van der Waals surface area contributed by atoms with Gasteiger partial charge in [-0.05, 0) is 25.2 Å². The second-order valence-corrected chi connectivity index (χ2v) is 8.76. The summed E-state index contributed by atoms with van der Waals surface area (Å²) in [5.41, 5.74) is -1.53. The number of aromatic amines is 1. The Bertz CT molecular complexity index is 808. The van der Waals surface area contributed by atoms with Gasteiger partial charge in [-0.1, -0.05) is 6.92 Å². The van der Waals surface area contributed by atoms with Gasteiger partial charge in [0.1, 0.15) is 17.8 Å². The first-order valence-electron chi connectivity index (χ1n) is 7.41. The molecule has 1 aromatic heterocycles. The van der Waals surface area contributed by atoms with Crippen LogP contribution in [0.5, 0.6) is 0 Å². The Morgan fingerprint density at radius 1 is 1.58 bits per heavy atom. The smallest absolute Gasteiger partial charge is 0.330 e. The zero-order chi connectivity index (χ0) is 17.7. The number of aromatic nitrogens is 2. The monoisotopic (exact) mass is 378 g/mol. The maximum absolute atomic E-state index is 12.1. The Balaban J connectivity index is 2.00. The van der Waals surface area contributed by atoms with E-state index in [4.69, 9.17) is 30.3 Å². The minimum absolute atomic E-state index is 0.255. The SMILES string of the molecule is CC[C@]12CO[C@@H](C1OP(O)(=S)OC)[C@H](n1cc(C)c(=O)[nH]c1=O)O2. The molecule has 2 aliphatic heterocycles. The highest BCUT2D eigenvalue weighted by molar-refractivity contribution is 8.07. The van der Waals surface area contributed by atoms with Crippen LogP contribution < -0.4 is 11.2 Å². The average molecular weight is 378 g/mol. The number of fused-ring (bicyclic) bond motifs is 2. The third kappa shape index (κ3) is 2.82. The van der Waals surface area contributed by atoms with Crippen molar-refractivity contribution in [3.63, 3.8) is 0 Å². The van der Waals surface area contributed by atoms with E-state index >= 15 is 0 Å². The Labute approximate surface area is 142 Å². The van der Waals surface area contributed by atoms with Gasteiger partial charge in [0.05, 0.1) is 6.61 Å². The van der Waals surface area contributed by atoms with Gasteiger partial charge >= 0.3 is 12.4 Å². The summed E-state index contributed by atoms with van der Waals surface area (Å²) >= 11 is 4.93. The normalized spacial score (nSPS) is 34.4. The van der Waals surface area contributed by atoms with Crippen LogP contribution in [0.25, 0.3) is 0 Å². The number of hydrogen-bond donors (Lipinski definition) is 2. The molecule has 0 amide bonds. The molecule has 3 heterocycles. The van der Waals surface area contributed by atoms with Crippen LogP contribution in [0.4, 0.5) is 0 Å². The van der Waals surface area contributed by atoms with Crippen LogP contribution in [-0.4, -0.2) is 46.0 Å². The second kappa shape index (κ2) is 6.14. The number of ether oxygens (including phenoxy) is 2. The van der Waals surface area contributed by atoms with Gasteiger partial charge in [0.2, 0.25) is 0 Å². The fraction of sp³-hybridized carbons (Fsp3) is 0.692. The number of hydrogen-bond acceptors (Lipinski definition) is 7. The zero-order valence-electron chi connectivity index (χ0n) is 13.4. The third-order valence-electron chi connectivity index (χ3n) is 4.47. The largest absolute Gasteiger partial charge is 0.368 e. The van der Waals surface area contributed by atoms with E-state index in [1.807, 2.05) is 6.92 Å². The summed E-state index contributed by atoms with van der Waals surface area (Å²) in [6.07, 6.45) is -0.179. The zero-order valence-corrected chi connectivity index (χ0v) is 15.1. The van der Waals surface area contributed by atoms with Crippen LogP contribution in [0, 0.1) is 6.92 Å². The maximum atomic E-state index is 12.1. The first-order chi connectivity index (χ1) is 11.2. The van der Waals surface area contributed by atoms with Crippen molar-refractivity contribution < 1.29 is 23.4 Å². The van der Waals surface area contributed by atoms with E-state index < -0.39 is 42.0 Å². The molecule has 2 fully saturated rings. The summed E-state index contributed by atoms with van der Waals surface area (Å²) in [6.45, 7) is 0.299. The van der Waals surface area contributed by atoms with Crippen molar-refractivity contribution in [2.45, 2.75) is 44.3 Å². The van der Waals surface area contributed by atoms with Gasteiger partial charge in [-0.25, -0.2) is 4.79 Å². The van der Waals surface area contributed by atoms with Crippen molar-refractivity contribution in [3.8, 4) is 0 Å². The minimum atomic E-state index is -3.43. The van der Waals surface area contributed by atoms with E-state index in [1.165, 1.54) is 17.9 Å². The molecule has 0 radical (unpaired) electrons. The van der Waals surface area contributed by atoms with Crippen LogP contribution in [0.3, 0.4) is 0 Å². The van der Waals surface area contributed by atoms with E-state index in [2.05, 4.69) is 4.98 Å². The molecule has 1 aromatic rings. The van der Waals surface area contributed by atoms with Crippen LogP contribution in [0.2, 0.25) is 0 Å². The van der Waals surface area contributed by atoms with Crippen molar-refractivity contribution in [2.75, 3.05) is 13.7 Å². The first kappa shape index (κ1) is 17.9. The molecule has 2 bridgehead atoms. The summed E-state index contributed by atoms with van der Waals surface area (Å²) in [5.74, 6) is 0. The second-order valence-electron chi connectivity index (χ2n) is 5.86. The summed E-state index contributed by atoms with van der Waals surface area (Å²) < 4.78 is 23.5. The highest BCUT2D eigenvalue weighted by Crippen LogP contribution is 2.55. The molecule has 0 spiro atoms. The van der Waals surface area contributed by atoms with Gasteiger partial charge in [0.15, 0.2) is 6.23 Å². The highest BCUT2D eigenvalue weighted by Gasteiger charge is 2.63. The first-order valence-corrected chi connectivity index (χ1v) is 10.0. The molecule has 2 saturated heterocycles. The lowest BCUT2D eigenvalue weighted by molar-refractivity contribution is -0.175. The Kier molecular flexibility index (Phi) is 4.59. The molecule has 11 heteroatoms. The van der Waals surface area contributed by atoms with Crippen molar-refractivity contribution in [1.82, 2.24) is 9.55 Å². The molecule has 2 aliphatic rings. The Hall–Kier alpha value is -0.870. The fourth-order valence-corrected chi connectivity index (χ4v) is 4.03. The number of aryl methyl sites for hydroxylation is 1. The van der Waals surface area contributed by atoms with Crippen molar-refractivity contribution in [1.29, 1.82) is 0 Å². The summed E-state index contributed by atoms with van der Waals surface area (Å²) in [7, 11) is 1.27. The lowest BCUT2D eigenvalue weighted by atomic mass is 9.96. The molecule has 134 valence electrons. The van der Waals surface area contributed by atoms with Gasteiger partial charge in [0, 0.05) is 18.9 Å². The molecule has 9 nitrogen and oxygen atoms in total. The molecule has 0 saturated carbocycles. The third-order valence-corrected chi connectivity index (χ3v) is 6.13. The molecule has 2 unspecified atom stereocenters. The van der Waals surface area contributed by atoms with Crippen LogP contribution in [0.15, 0.2) is 15.8 Å². The molecule has 0 aromatic carbocycles. The molecule has 3 rings (SSSR count). The van der Waals surface area contributed by atoms with Crippen LogP contribution in [0.1, 0.15) is 25.1 Å².